The molecule has 1 N–H and O–H groups in total. The van der Waals surface area contributed by atoms with Crippen molar-refractivity contribution in [2.45, 2.75) is 72.3 Å². The van der Waals surface area contributed by atoms with Gasteiger partial charge in [0.15, 0.2) is 0 Å². The predicted octanol–water partition coefficient (Wildman–Crippen LogP) is 5.11. The highest BCUT2D eigenvalue weighted by atomic mass is 16.3. The lowest BCUT2D eigenvalue weighted by molar-refractivity contribution is -0.0645. The van der Waals surface area contributed by atoms with Gasteiger partial charge in [0.25, 0.3) is 0 Å². The fraction of sp³-hybridized carbons (Fsp3) is 0.800. The van der Waals surface area contributed by atoms with E-state index >= 15 is 0 Å². The molecule has 0 spiro atoms. The van der Waals surface area contributed by atoms with Crippen LogP contribution in [0.25, 0.3) is 0 Å². The highest BCUT2D eigenvalue weighted by Gasteiger charge is 2.58. The summed E-state index contributed by atoms with van der Waals surface area (Å²) in [5, 5.41) is 11.3. The minimum absolute atomic E-state index is 0.296. The highest BCUT2D eigenvalue weighted by Crippen LogP contribution is 2.62. The molecule has 0 unspecified atom stereocenters. The maximum Gasteiger partial charge on any atom is 0.0703 e. The minimum Gasteiger partial charge on any atom is -0.389 e. The second-order valence-electron chi connectivity index (χ2n) is 8.92. The van der Waals surface area contributed by atoms with E-state index in [1.54, 1.807) is 5.57 Å². The number of fused-ring (bicyclic) bond motifs is 2. The van der Waals surface area contributed by atoms with Crippen molar-refractivity contribution < 1.29 is 5.11 Å². The Morgan fingerprint density at radius 1 is 1.19 bits per heavy atom. The SMILES string of the molecule is CC1=CC=C[C@@]2(C)CC[C@H]3[C@@](C)(CC[C@]3(O)C(C)C)C[C@H]12. The van der Waals surface area contributed by atoms with Gasteiger partial charge in [0.1, 0.15) is 0 Å². The lowest BCUT2D eigenvalue weighted by Crippen LogP contribution is -2.43. The van der Waals surface area contributed by atoms with Crippen LogP contribution in [0.4, 0.5) is 0 Å². The van der Waals surface area contributed by atoms with Gasteiger partial charge in [-0.05, 0) is 67.6 Å². The van der Waals surface area contributed by atoms with Gasteiger partial charge >= 0.3 is 0 Å². The molecule has 0 aromatic heterocycles. The summed E-state index contributed by atoms with van der Waals surface area (Å²) >= 11 is 0. The molecule has 5 atom stereocenters. The summed E-state index contributed by atoms with van der Waals surface area (Å²) in [4.78, 5) is 0. The Bertz CT molecular complexity index is 488. The Morgan fingerprint density at radius 3 is 2.57 bits per heavy atom. The fourth-order valence-electron chi connectivity index (χ4n) is 5.72. The smallest absolute Gasteiger partial charge is 0.0703 e. The van der Waals surface area contributed by atoms with Gasteiger partial charge in [-0.1, -0.05) is 51.5 Å². The van der Waals surface area contributed by atoms with Gasteiger partial charge < -0.3 is 5.11 Å². The van der Waals surface area contributed by atoms with Crippen LogP contribution in [0.1, 0.15) is 66.7 Å². The van der Waals surface area contributed by atoms with Crippen LogP contribution in [0.5, 0.6) is 0 Å². The number of hydrogen-bond acceptors (Lipinski definition) is 1. The molecule has 1 nitrogen and oxygen atoms in total. The molecular weight excluding hydrogens is 256 g/mol. The maximum atomic E-state index is 11.3. The molecule has 3 rings (SSSR count). The summed E-state index contributed by atoms with van der Waals surface area (Å²) in [5.74, 6) is 1.49. The average molecular weight is 288 g/mol. The van der Waals surface area contributed by atoms with Crippen LogP contribution >= 0.6 is 0 Å². The number of allylic oxidation sites excluding steroid dienone is 4. The molecule has 0 saturated heterocycles. The van der Waals surface area contributed by atoms with Crippen molar-refractivity contribution in [3.8, 4) is 0 Å². The van der Waals surface area contributed by atoms with Crippen molar-refractivity contribution in [1.29, 1.82) is 0 Å². The zero-order valence-corrected chi connectivity index (χ0v) is 14.4. The van der Waals surface area contributed by atoms with Crippen molar-refractivity contribution in [3.05, 3.63) is 23.8 Å². The molecule has 0 aliphatic heterocycles. The first-order chi connectivity index (χ1) is 9.71. The van der Waals surface area contributed by atoms with E-state index < -0.39 is 5.60 Å². The zero-order valence-electron chi connectivity index (χ0n) is 14.4. The van der Waals surface area contributed by atoms with E-state index in [4.69, 9.17) is 0 Å². The van der Waals surface area contributed by atoms with Gasteiger partial charge in [0, 0.05) is 0 Å². The van der Waals surface area contributed by atoms with Gasteiger partial charge in [-0.15, -0.1) is 0 Å². The molecule has 21 heavy (non-hydrogen) atoms. The molecule has 2 fully saturated rings. The molecule has 1 heteroatoms. The van der Waals surface area contributed by atoms with E-state index in [0.717, 1.165) is 6.42 Å². The van der Waals surface area contributed by atoms with E-state index in [2.05, 4.69) is 52.8 Å². The van der Waals surface area contributed by atoms with E-state index in [-0.39, 0.29) is 0 Å². The van der Waals surface area contributed by atoms with E-state index in [1.165, 1.54) is 25.7 Å². The standard InChI is InChI=1S/C20H32O/c1-14(2)20(21)12-11-19(5)13-16-15(3)7-6-9-18(16,4)10-8-17(19)20/h6-7,9,14,16-17,21H,8,10-13H2,1-5H3/t16-,17+,18+,19+,20+/m1/s1. The second-order valence-corrected chi connectivity index (χ2v) is 8.92. The van der Waals surface area contributed by atoms with E-state index in [9.17, 15) is 5.11 Å². The lowest BCUT2D eigenvalue weighted by atomic mass is 9.64. The summed E-state index contributed by atoms with van der Waals surface area (Å²) < 4.78 is 0. The molecule has 0 heterocycles. The molecule has 0 amide bonds. The largest absolute Gasteiger partial charge is 0.389 e. The molecule has 0 aromatic rings. The summed E-state index contributed by atoms with van der Waals surface area (Å²) in [5.41, 5.74) is 1.70. The van der Waals surface area contributed by atoms with Gasteiger partial charge in [-0.25, -0.2) is 0 Å². The number of hydrogen-bond donors (Lipinski definition) is 1. The Labute approximate surface area is 130 Å². The van der Waals surface area contributed by atoms with Crippen LogP contribution in [-0.4, -0.2) is 10.7 Å². The topological polar surface area (TPSA) is 20.2 Å². The molecule has 2 saturated carbocycles. The van der Waals surface area contributed by atoms with Crippen molar-refractivity contribution in [3.63, 3.8) is 0 Å². The van der Waals surface area contributed by atoms with Crippen LogP contribution in [0.3, 0.4) is 0 Å². The number of rotatable bonds is 1. The summed E-state index contributed by atoms with van der Waals surface area (Å²) in [6.07, 6.45) is 12.8. The zero-order chi connectivity index (χ0) is 15.5. The second kappa shape index (κ2) is 4.72. The van der Waals surface area contributed by atoms with Gasteiger partial charge in [0.05, 0.1) is 5.60 Å². The van der Waals surface area contributed by atoms with E-state index in [0.29, 0.717) is 28.6 Å². The molecule has 3 aliphatic rings. The van der Waals surface area contributed by atoms with Gasteiger partial charge in [0.2, 0.25) is 0 Å². The lowest BCUT2D eigenvalue weighted by Gasteiger charge is -2.41. The maximum absolute atomic E-state index is 11.3. The molecule has 0 bridgehead atoms. The van der Waals surface area contributed by atoms with Crippen LogP contribution in [-0.2, 0) is 0 Å². The molecule has 0 aromatic carbocycles. The van der Waals surface area contributed by atoms with Crippen molar-refractivity contribution in [1.82, 2.24) is 0 Å². The van der Waals surface area contributed by atoms with Crippen molar-refractivity contribution in [2.24, 2.45) is 28.6 Å². The molecule has 118 valence electrons. The Kier molecular flexibility index (Phi) is 3.44. The highest BCUT2D eigenvalue weighted by molar-refractivity contribution is 5.27. The third-order valence-corrected chi connectivity index (χ3v) is 7.36. The molecule has 3 aliphatic carbocycles. The molecular formula is C20H32O. The fourth-order valence-corrected chi connectivity index (χ4v) is 5.72. The Hall–Kier alpha value is -0.560. The predicted molar refractivity (Wildman–Crippen MR) is 89.0 cm³/mol. The van der Waals surface area contributed by atoms with Crippen LogP contribution in [0.15, 0.2) is 23.8 Å². The average Bonchev–Trinajstić information content (AvgIpc) is 2.58. The van der Waals surface area contributed by atoms with Gasteiger partial charge in [-0.2, -0.15) is 0 Å². The number of aliphatic hydroxyl groups is 1. The van der Waals surface area contributed by atoms with Crippen LogP contribution in [0.2, 0.25) is 0 Å². The normalized spacial score (nSPS) is 49.6. The monoisotopic (exact) mass is 288 g/mol. The van der Waals surface area contributed by atoms with Crippen molar-refractivity contribution in [2.75, 3.05) is 0 Å². The van der Waals surface area contributed by atoms with Gasteiger partial charge in [-0.3, -0.25) is 0 Å². The quantitative estimate of drug-likeness (QED) is 0.710. The van der Waals surface area contributed by atoms with Crippen LogP contribution in [0, 0.1) is 28.6 Å². The Morgan fingerprint density at radius 2 is 1.90 bits per heavy atom. The van der Waals surface area contributed by atoms with Crippen molar-refractivity contribution >= 4 is 0 Å². The summed E-state index contributed by atoms with van der Waals surface area (Å²) in [6, 6.07) is 0. The summed E-state index contributed by atoms with van der Waals surface area (Å²) in [6.45, 7) is 11.6. The first-order valence-electron chi connectivity index (χ1n) is 8.80. The third-order valence-electron chi connectivity index (χ3n) is 7.36. The minimum atomic E-state index is -0.445. The first-order valence-corrected chi connectivity index (χ1v) is 8.80. The van der Waals surface area contributed by atoms with E-state index in [1.807, 2.05) is 0 Å². The summed E-state index contributed by atoms with van der Waals surface area (Å²) in [7, 11) is 0. The Balaban J connectivity index is 1.98. The first kappa shape index (κ1) is 15.3. The van der Waals surface area contributed by atoms with Crippen LogP contribution < -0.4 is 0 Å². The third kappa shape index (κ3) is 2.15. The molecule has 0 radical (unpaired) electrons.